The third kappa shape index (κ3) is 6.52. The molecule has 0 bridgehead atoms. The molecule has 0 spiro atoms. The number of carbonyl (C=O) groups excluding carboxylic acids is 2. The third-order valence-electron chi connectivity index (χ3n) is 4.35. The summed E-state index contributed by atoms with van der Waals surface area (Å²) >= 11 is 5.89. The summed E-state index contributed by atoms with van der Waals surface area (Å²) in [6, 6.07) is 15.5. The van der Waals surface area contributed by atoms with E-state index >= 15 is 0 Å². The summed E-state index contributed by atoms with van der Waals surface area (Å²) in [4.78, 5) is 25.7. The molecule has 1 N–H and O–H groups in total. The second kappa shape index (κ2) is 9.97. The van der Waals surface area contributed by atoms with Gasteiger partial charge in [-0.05, 0) is 42.2 Å². The number of carbonyl (C=O) groups is 2. The van der Waals surface area contributed by atoms with Crippen molar-refractivity contribution in [2.75, 3.05) is 19.6 Å². The van der Waals surface area contributed by atoms with Crippen LogP contribution >= 0.6 is 11.6 Å². The van der Waals surface area contributed by atoms with Crippen molar-refractivity contribution in [1.29, 1.82) is 0 Å². The van der Waals surface area contributed by atoms with Crippen LogP contribution in [0.5, 0.6) is 0 Å². The summed E-state index contributed by atoms with van der Waals surface area (Å²) < 4.78 is 0. The van der Waals surface area contributed by atoms with E-state index in [9.17, 15) is 9.59 Å². The van der Waals surface area contributed by atoms with Crippen LogP contribution < -0.4 is 5.32 Å². The minimum Gasteiger partial charge on any atom is -0.354 e. The molecule has 2 rings (SSSR count). The van der Waals surface area contributed by atoms with E-state index in [1.807, 2.05) is 55.5 Å². The topological polar surface area (TPSA) is 49.4 Å². The van der Waals surface area contributed by atoms with Crippen molar-refractivity contribution in [3.05, 3.63) is 70.2 Å². The Morgan fingerprint density at radius 2 is 1.73 bits per heavy atom. The normalized spacial score (nSPS) is 10.4. The van der Waals surface area contributed by atoms with Gasteiger partial charge in [0.15, 0.2) is 0 Å². The number of halogens is 1. The largest absolute Gasteiger partial charge is 0.354 e. The van der Waals surface area contributed by atoms with Crippen molar-refractivity contribution in [2.45, 2.75) is 26.7 Å². The highest BCUT2D eigenvalue weighted by atomic mass is 35.5. The van der Waals surface area contributed by atoms with Gasteiger partial charge in [0.1, 0.15) is 0 Å². The van der Waals surface area contributed by atoms with Gasteiger partial charge >= 0.3 is 0 Å². The Morgan fingerprint density at radius 3 is 2.38 bits per heavy atom. The molecule has 0 aromatic heterocycles. The number of aryl methyl sites for hydroxylation is 1. The van der Waals surface area contributed by atoms with E-state index in [0.717, 1.165) is 23.1 Å². The molecule has 5 heteroatoms. The van der Waals surface area contributed by atoms with Gasteiger partial charge in [0, 0.05) is 31.6 Å². The molecular weight excluding hydrogens is 348 g/mol. The van der Waals surface area contributed by atoms with Gasteiger partial charge in [-0.3, -0.25) is 9.59 Å². The van der Waals surface area contributed by atoms with E-state index in [1.54, 1.807) is 11.8 Å². The monoisotopic (exact) mass is 372 g/mol. The van der Waals surface area contributed by atoms with Gasteiger partial charge in [-0.2, -0.15) is 0 Å². The Morgan fingerprint density at radius 1 is 1.04 bits per heavy atom. The average Bonchev–Trinajstić information content (AvgIpc) is 2.61. The predicted molar refractivity (Wildman–Crippen MR) is 105 cm³/mol. The highest BCUT2D eigenvalue weighted by molar-refractivity contribution is 6.30. The Balaban J connectivity index is 1.77. The van der Waals surface area contributed by atoms with Crippen LogP contribution in [-0.2, 0) is 22.4 Å². The van der Waals surface area contributed by atoms with Crippen LogP contribution in [0.15, 0.2) is 48.5 Å². The molecule has 2 aromatic carbocycles. The van der Waals surface area contributed by atoms with Crippen LogP contribution in [0.25, 0.3) is 0 Å². The number of rotatable bonds is 8. The molecule has 138 valence electrons. The van der Waals surface area contributed by atoms with E-state index in [1.165, 1.54) is 0 Å². The van der Waals surface area contributed by atoms with Crippen molar-refractivity contribution in [3.63, 3.8) is 0 Å². The van der Waals surface area contributed by atoms with E-state index in [0.29, 0.717) is 31.1 Å². The third-order valence-corrected chi connectivity index (χ3v) is 4.60. The maximum Gasteiger partial charge on any atom is 0.224 e. The standard InChI is InChI=1S/C21H25ClN2O2/c1-16-5-3-4-6-19(16)15-21(26)23-12-14-24(17(2)25)13-11-18-7-9-20(22)10-8-18/h3-10H,11-15H2,1-2H3,(H,23,26). The Kier molecular flexibility index (Phi) is 7.67. The lowest BCUT2D eigenvalue weighted by Crippen LogP contribution is -2.39. The molecule has 0 fully saturated rings. The SMILES string of the molecule is CC(=O)N(CCNC(=O)Cc1ccccc1C)CCc1ccc(Cl)cc1. The van der Waals surface area contributed by atoms with Gasteiger partial charge in [0.05, 0.1) is 6.42 Å². The molecule has 2 amide bonds. The number of amides is 2. The molecule has 0 heterocycles. The Bertz CT molecular complexity index is 744. The maximum absolute atomic E-state index is 12.1. The van der Waals surface area contributed by atoms with Gasteiger partial charge < -0.3 is 10.2 Å². The molecular formula is C21H25ClN2O2. The zero-order valence-corrected chi connectivity index (χ0v) is 16.1. The zero-order chi connectivity index (χ0) is 18.9. The first-order valence-corrected chi connectivity index (χ1v) is 9.14. The quantitative estimate of drug-likeness (QED) is 0.772. The fraction of sp³-hybridized carbons (Fsp3) is 0.333. The fourth-order valence-electron chi connectivity index (χ4n) is 2.72. The second-order valence-corrected chi connectivity index (χ2v) is 6.77. The van der Waals surface area contributed by atoms with Crippen LogP contribution in [0, 0.1) is 6.92 Å². The minimum absolute atomic E-state index is 0.00659. The summed E-state index contributed by atoms with van der Waals surface area (Å²) in [5, 5.41) is 3.60. The maximum atomic E-state index is 12.1. The van der Waals surface area contributed by atoms with E-state index in [4.69, 9.17) is 11.6 Å². The number of nitrogens with one attached hydrogen (secondary N) is 1. The van der Waals surface area contributed by atoms with Gasteiger partial charge in [-0.25, -0.2) is 0 Å². The lowest BCUT2D eigenvalue weighted by Gasteiger charge is -2.21. The van der Waals surface area contributed by atoms with Crippen LogP contribution in [-0.4, -0.2) is 36.3 Å². The lowest BCUT2D eigenvalue weighted by molar-refractivity contribution is -0.129. The highest BCUT2D eigenvalue weighted by Crippen LogP contribution is 2.10. The Labute approximate surface area is 160 Å². The molecule has 0 saturated heterocycles. The van der Waals surface area contributed by atoms with Crippen LogP contribution in [0.3, 0.4) is 0 Å². The second-order valence-electron chi connectivity index (χ2n) is 6.34. The number of nitrogens with zero attached hydrogens (tertiary/aromatic N) is 1. The molecule has 26 heavy (non-hydrogen) atoms. The number of hydrogen-bond acceptors (Lipinski definition) is 2. The van der Waals surface area contributed by atoms with Crippen LogP contribution in [0.2, 0.25) is 5.02 Å². The van der Waals surface area contributed by atoms with Crippen LogP contribution in [0.1, 0.15) is 23.6 Å². The van der Waals surface area contributed by atoms with E-state index < -0.39 is 0 Å². The zero-order valence-electron chi connectivity index (χ0n) is 15.3. The summed E-state index contributed by atoms with van der Waals surface area (Å²) in [6.07, 6.45) is 1.12. The Hall–Kier alpha value is -2.33. The first kappa shape index (κ1) is 20.0. The molecule has 4 nitrogen and oxygen atoms in total. The lowest BCUT2D eigenvalue weighted by atomic mass is 10.1. The molecule has 0 aliphatic carbocycles. The van der Waals surface area contributed by atoms with Crippen LogP contribution in [0.4, 0.5) is 0 Å². The fourth-order valence-corrected chi connectivity index (χ4v) is 2.84. The smallest absolute Gasteiger partial charge is 0.224 e. The van der Waals surface area contributed by atoms with Gasteiger partial charge in [-0.15, -0.1) is 0 Å². The summed E-state index contributed by atoms with van der Waals surface area (Å²) in [7, 11) is 0. The first-order chi connectivity index (χ1) is 12.5. The van der Waals surface area contributed by atoms with Crippen molar-refractivity contribution in [1.82, 2.24) is 10.2 Å². The van der Waals surface area contributed by atoms with E-state index in [-0.39, 0.29) is 11.8 Å². The van der Waals surface area contributed by atoms with Gasteiger partial charge in [0.2, 0.25) is 11.8 Å². The van der Waals surface area contributed by atoms with Crippen molar-refractivity contribution in [2.24, 2.45) is 0 Å². The summed E-state index contributed by atoms with van der Waals surface area (Å²) in [5.41, 5.74) is 3.26. The van der Waals surface area contributed by atoms with Crippen molar-refractivity contribution >= 4 is 23.4 Å². The van der Waals surface area contributed by atoms with Crippen molar-refractivity contribution in [3.8, 4) is 0 Å². The molecule has 0 unspecified atom stereocenters. The van der Waals surface area contributed by atoms with Crippen molar-refractivity contribution < 1.29 is 9.59 Å². The minimum atomic E-state index is -0.0273. The number of benzene rings is 2. The molecule has 2 aromatic rings. The molecule has 0 radical (unpaired) electrons. The molecule has 0 aliphatic rings. The van der Waals surface area contributed by atoms with E-state index in [2.05, 4.69) is 5.32 Å². The summed E-state index contributed by atoms with van der Waals surface area (Å²) in [6.45, 7) is 5.12. The van der Waals surface area contributed by atoms with Gasteiger partial charge in [-0.1, -0.05) is 48.0 Å². The molecule has 0 aliphatic heterocycles. The summed E-state index contributed by atoms with van der Waals surface area (Å²) in [5.74, 6) is -0.0207. The highest BCUT2D eigenvalue weighted by Gasteiger charge is 2.10. The molecule has 0 saturated carbocycles. The van der Waals surface area contributed by atoms with Gasteiger partial charge in [0.25, 0.3) is 0 Å². The predicted octanol–water partition coefficient (Wildman–Crippen LogP) is 3.40. The molecule has 0 atom stereocenters. The number of hydrogen-bond donors (Lipinski definition) is 1. The average molecular weight is 373 g/mol. The first-order valence-electron chi connectivity index (χ1n) is 8.77.